The van der Waals surface area contributed by atoms with Gasteiger partial charge in [-0.1, -0.05) is 55.8 Å². The minimum atomic E-state index is -0.983. The summed E-state index contributed by atoms with van der Waals surface area (Å²) in [5.74, 6) is -2.38. The van der Waals surface area contributed by atoms with E-state index in [0.29, 0.717) is 5.56 Å². The van der Waals surface area contributed by atoms with Crippen LogP contribution in [-0.2, 0) is 6.42 Å². The van der Waals surface area contributed by atoms with Gasteiger partial charge in [-0.3, -0.25) is 0 Å². The minimum absolute atomic E-state index is 0.252. The van der Waals surface area contributed by atoms with Gasteiger partial charge in [0.15, 0.2) is 11.6 Å². The largest absolute Gasteiger partial charge is 0.206 e. The lowest BCUT2D eigenvalue weighted by Crippen LogP contribution is -1.90. The predicted molar refractivity (Wildman–Crippen MR) is 95.8 cm³/mol. The highest BCUT2D eigenvalue weighted by Gasteiger charge is 2.10. The molecule has 0 bridgehead atoms. The molecule has 128 valence electrons. The highest BCUT2D eigenvalue weighted by molar-refractivity contribution is 5.71. The third-order valence-corrected chi connectivity index (χ3v) is 4.31. The van der Waals surface area contributed by atoms with Crippen LogP contribution >= 0.6 is 0 Å². The number of rotatable bonds is 5. The van der Waals surface area contributed by atoms with Crippen molar-refractivity contribution in [3.8, 4) is 22.3 Å². The lowest BCUT2D eigenvalue weighted by molar-refractivity contribution is 0.509. The van der Waals surface area contributed by atoms with E-state index in [-0.39, 0.29) is 5.56 Å². The summed E-state index contributed by atoms with van der Waals surface area (Å²) >= 11 is 0. The molecule has 0 amide bonds. The molecule has 0 saturated heterocycles. The zero-order valence-electron chi connectivity index (χ0n) is 14.0. The maximum absolute atomic E-state index is 14.5. The maximum atomic E-state index is 14.5. The van der Waals surface area contributed by atoms with Crippen LogP contribution in [-0.4, -0.2) is 0 Å². The Balaban J connectivity index is 1.87. The Morgan fingerprint density at radius 2 is 1.28 bits per heavy atom. The molecule has 0 aliphatic heterocycles. The van der Waals surface area contributed by atoms with Crippen LogP contribution in [0.3, 0.4) is 0 Å². The third-order valence-electron chi connectivity index (χ3n) is 4.31. The molecule has 3 aromatic rings. The third kappa shape index (κ3) is 3.93. The maximum Gasteiger partial charge on any atom is 0.159 e. The molecule has 0 N–H and O–H groups in total. The Morgan fingerprint density at radius 1 is 0.640 bits per heavy atom. The molecule has 0 aliphatic rings. The van der Waals surface area contributed by atoms with Gasteiger partial charge in [-0.05, 0) is 53.3 Å². The second-order valence-corrected chi connectivity index (χ2v) is 6.12. The van der Waals surface area contributed by atoms with Crippen LogP contribution in [0.2, 0.25) is 0 Å². The average Bonchev–Trinajstić information content (AvgIpc) is 2.63. The number of halogens is 3. The van der Waals surface area contributed by atoms with Crippen molar-refractivity contribution in [2.45, 2.75) is 26.2 Å². The molecule has 0 aliphatic carbocycles. The van der Waals surface area contributed by atoms with E-state index < -0.39 is 17.5 Å². The van der Waals surface area contributed by atoms with Gasteiger partial charge in [0, 0.05) is 5.56 Å². The summed E-state index contributed by atoms with van der Waals surface area (Å²) in [5.41, 5.74) is 3.52. The Bertz CT molecular complexity index is 867. The second kappa shape index (κ2) is 7.56. The lowest BCUT2D eigenvalue weighted by Gasteiger charge is -2.08. The van der Waals surface area contributed by atoms with Crippen molar-refractivity contribution in [2.24, 2.45) is 0 Å². The van der Waals surface area contributed by atoms with Crippen LogP contribution in [0, 0.1) is 17.5 Å². The van der Waals surface area contributed by atoms with Crippen molar-refractivity contribution in [1.29, 1.82) is 0 Å². The highest BCUT2D eigenvalue weighted by atomic mass is 19.2. The summed E-state index contributed by atoms with van der Waals surface area (Å²) in [6.45, 7) is 2.16. The van der Waals surface area contributed by atoms with Crippen LogP contribution in [0.1, 0.15) is 25.3 Å². The zero-order chi connectivity index (χ0) is 17.8. The smallest absolute Gasteiger partial charge is 0.159 e. The molecule has 0 saturated carbocycles. The van der Waals surface area contributed by atoms with Crippen LogP contribution in [0.4, 0.5) is 13.2 Å². The molecule has 0 aromatic heterocycles. The summed E-state index contributed by atoms with van der Waals surface area (Å²) in [5, 5.41) is 0. The first kappa shape index (κ1) is 17.3. The van der Waals surface area contributed by atoms with Gasteiger partial charge in [0.05, 0.1) is 0 Å². The first-order valence-electron chi connectivity index (χ1n) is 8.43. The topological polar surface area (TPSA) is 0 Å². The highest BCUT2D eigenvalue weighted by Crippen LogP contribution is 2.29. The molecule has 3 rings (SSSR count). The van der Waals surface area contributed by atoms with E-state index in [1.807, 2.05) is 12.1 Å². The van der Waals surface area contributed by atoms with E-state index in [4.69, 9.17) is 0 Å². The van der Waals surface area contributed by atoms with Crippen LogP contribution in [0.5, 0.6) is 0 Å². The molecule has 25 heavy (non-hydrogen) atoms. The SMILES string of the molecule is CCCCc1ccc(-c2ccc(-c3ccc(F)c(F)c3)c(F)c2)cc1. The number of hydrogen-bond acceptors (Lipinski definition) is 0. The van der Waals surface area contributed by atoms with Gasteiger partial charge in [-0.2, -0.15) is 0 Å². The van der Waals surface area contributed by atoms with Gasteiger partial charge in [0.25, 0.3) is 0 Å². The quantitative estimate of drug-likeness (QED) is 0.480. The molecule has 3 aromatic carbocycles. The van der Waals surface area contributed by atoms with E-state index in [1.165, 1.54) is 17.7 Å². The van der Waals surface area contributed by atoms with E-state index >= 15 is 0 Å². The first-order valence-corrected chi connectivity index (χ1v) is 8.43. The van der Waals surface area contributed by atoms with Crippen molar-refractivity contribution >= 4 is 0 Å². The number of unbranched alkanes of at least 4 members (excludes halogenated alkanes) is 1. The molecule has 0 unspecified atom stereocenters. The molecular formula is C22H19F3. The van der Waals surface area contributed by atoms with Gasteiger partial charge >= 0.3 is 0 Å². The normalized spacial score (nSPS) is 10.9. The Morgan fingerprint density at radius 3 is 1.92 bits per heavy atom. The molecule has 3 heteroatoms. The van der Waals surface area contributed by atoms with Crippen molar-refractivity contribution in [3.63, 3.8) is 0 Å². The predicted octanol–water partition coefficient (Wildman–Crippen LogP) is 6.78. The molecule has 0 atom stereocenters. The van der Waals surface area contributed by atoms with Gasteiger partial charge in [-0.25, -0.2) is 13.2 Å². The lowest BCUT2D eigenvalue weighted by atomic mass is 9.98. The van der Waals surface area contributed by atoms with Crippen LogP contribution < -0.4 is 0 Å². The van der Waals surface area contributed by atoms with E-state index in [0.717, 1.165) is 42.5 Å². The fraction of sp³-hybridized carbons (Fsp3) is 0.182. The van der Waals surface area contributed by atoms with Gasteiger partial charge in [-0.15, -0.1) is 0 Å². The summed E-state index contributed by atoms with van der Waals surface area (Å²) in [6, 6.07) is 16.3. The van der Waals surface area contributed by atoms with E-state index in [1.54, 1.807) is 12.1 Å². The zero-order valence-corrected chi connectivity index (χ0v) is 14.0. The van der Waals surface area contributed by atoms with Crippen molar-refractivity contribution in [1.82, 2.24) is 0 Å². The number of aryl methyl sites for hydroxylation is 1. The van der Waals surface area contributed by atoms with Gasteiger partial charge in [0.1, 0.15) is 5.82 Å². The standard InChI is InChI=1S/C22H19F3/c1-2-3-4-15-5-7-16(8-6-15)17-9-11-19(21(24)13-17)18-10-12-20(23)22(25)14-18/h5-14H,2-4H2,1H3. The second-order valence-electron chi connectivity index (χ2n) is 6.12. The Kier molecular flexibility index (Phi) is 5.22. The fourth-order valence-corrected chi connectivity index (χ4v) is 2.84. The van der Waals surface area contributed by atoms with Crippen LogP contribution in [0.25, 0.3) is 22.3 Å². The Hall–Kier alpha value is -2.55. The number of hydrogen-bond donors (Lipinski definition) is 0. The van der Waals surface area contributed by atoms with Crippen LogP contribution in [0.15, 0.2) is 60.7 Å². The van der Waals surface area contributed by atoms with Crippen molar-refractivity contribution in [3.05, 3.63) is 83.7 Å². The number of benzene rings is 3. The summed E-state index contributed by atoms with van der Waals surface area (Å²) in [6.07, 6.45) is 3.34. The minimum Gasteiger partial charge on any atom is -0.206 e. The molecular weight excluding hydrogens is 321 g/mol. The Labute approximate surface area is 146 Å². The first-order chi connectivity index (χ1) is 12.1. The average molecular weight is 340 g/mol. The summed E-state index contributed by atoms with van der Waals surface area (Å²) in [7, 11) is 0. The van der Waals surface area contributed by atoms with Crippen molar-refractivity contribution < 1.29 is 13.2 Å². The molecule has 0 radical (unpaired) electrons. The van der Waals surface area contributed by atoms with Crippen molar-refractivity contribution in [2.75, 3.05) is 0 Å². The van der Waals surface area contributed by atoms with Gasteiger partial charge in [0.2, 0.25) is 0 Å². The monoisotopic (exact) mass is 340 g/mol. The van der Waals surface area contributed by atoms with E-state index in [2.05, 4.69) is 19.1 Å². The molecule has 0 fully saturated rings. The molecule has 0 spiro atoms. The molecule has 0 heterocycles. The summed E-state index contributed by atoms with van der Waals surface area (Å²) in [4.78, 5) is 0. The molecule has 0 nitrogen and oxygen atoms in total. The van der Waals surface area contributed by atoms with E-state index in [9.17, 15) is 13.2 Å². The summed E-state index contributed by atoms with van der Waals surface area (Å²) < 4.78 is 40.9. The fourth-order valence-electron chi connectivity index (χ4n) is 2.84. The van der Waals surface area contributed by atoms with Gasteiger partial charge < -0.3 is 0 Å².